The second-order valence-electron chi connectivity index (χ2n) is 15.4. The van der Waals surface area contributed by atoms with Crippen LogP contribution in [0.5, 0.6) is 0 Å². The van der Waals surface area contributed by atoms with E-state index in [1.54, 1.807) is 0 Å². The van der Waals surface area contributed by atoms with Crippen LogP contribution in [0.2, 0.25) is 0 Å². The summed E-state index contributed by atoms with van der Waals surface area (Å²) >= 11 is 0. The molecule has 0 spiro atoms. The molecular formula is C53H37N3. The molecule has 264 valence electrons. The zero-order valence-electron chi connectivity index (χ0n) is 31.2. The highest BCUT2D eigenvalue weighted by Crippen LogP contribution is 2.53. The number of rotatable bonds is 5. The van der Waals surface area contributed by atoms with Gasteiger partial charge in [0.05, 0.1) is 28.1 Å². The Morgan fingerprint density at radius 1 is 0.411 bits per heavy atom. The Bertz CT molecular complexity index is 3100. The Balaban J connectivity index is 1.06. The molecule has 2 aromatic heterocycles. The third-order valence-corrected chi connectivity index (χ3v) is 11.8. The van der Waals surface area contributed by atoms with Crippen LogP contribution in [0.15, 0.2) is 188 Å². The zero-order valence-corrected chi connectivity index (χ0v) is 31.2. The molecule has 0 unspecified atom stereocenters. The maximum absolute atomic E-state index is 5.27. The fraction of sp³-hybridized carbons (Fsp3) is 0.0566. The van der Waals surface area contributed by atoms with Gasteiger partial charge in [0.15, 0.2) is 5.82 Å². The number of fused-ring (bicyclic) bond motifs is 7. The molecule has 0 saturated heterocycles. The molecule has 3 nitrogen and oxygen atoms in total. The van der Waals surface area contributed by atoms with Gasteiger partial charge in [-0.15, -0.1) is 0 Å². The summed E-state index contributed by atoms with van der Waals surface area (Å²) in [7, 11) is 0. The van der Waals surface area contributed by atoms with Crippen molar-refractivity contribution < 1.29 is 0 Å². The lowest BCUT2D eigenvalue weighted by atomic mass is 9.81. The van der Waals surface area contributed by atoms with Gasteiger partial charge in [-0.1, -0.05) is 166 Å². The lowest BCUT2D eigenvalue weighted by molar-refractivity contribution is 0.661. The van der Waals surface area contributed by atoms with Crippen LogP contribution >= 0.6 is 0 Å². The maximum Gasteiger partial charge on any atom is 0.160 e. The Morgan fingerprint density at radius 2 is 1.00 bits per heavy atom. The smallest absolute Gasteiger partial charge is 0.160 e. The second kappa shape index (κ2) is 12.5. The SMILES string of the molecule is CC1(C)c2cc3ccccc3cc2-c2c(-c3ccc(-c4cc(-c5ccccc5-n5c6ccccc6c6ccccc65)nc(-c5ccccc5)n4)cc3)cccc21. The first-order valence-electron chi connectivity index (χ1n) is 19.3. The maximum atomic E-state index is 5.27. The van der Waals surface area contributed by atoms with Crippen LogP contribution in [0.3, 0.4) is 0 Å². The number of hydrogen-bond acceptors (Lipinski definition) is 2. The molecule has 0 amide bonds. The lowest BCUT2D eigenvalue weighted by Crippen LogP contribution is -2.14. The Hall–Kier alpha value is -7.10. The highest BCUT2D eigenvalue weighted by atomic mass is 15.0. The topological polar surface area (TPSA) is 30.7 Å². The molecule has 2 heterocycles. The van der Waals surface area contributed by atoms with Gasteiger partial charge in [0, 0.05) is 32.9 Å². The van der Waals surface area contributed by atoms with Gasteiger partial charge in [0.1, 0.15) is 0 Å². The van der Waals surface area contributed by atoms with Crippen LogP contribution in [0, 0.1) is 0 Å². The largest absolute Gasteiger partial charge is 0.309 e. The minimum absolute atomic E-state index is 0.0919. The van der Waals surface area contributed by atoms with Crippen molar-refractivity contribution in [2.45, 2.75) is 19.3 Å². The Labute approximate surface area is 326 Å². The van der Waals surface area contributed by atoms with Crippen molar-refractivity contribution in [1.82, 2.24) is 14.5 Å². The molecule has 3 heteroatoms. The average Bonchev–Trinajstić information content (AvgIpc) is 3.71. The third-order valence-electron chi connectivity index (χ3n) is 11.8. The van der Waals surface area contributed by atoms with E-state index in [1.807, 2.05) is 18.2 Å². The van der Waals surface area contributed by atoms with Gasteiger partial charge >= 0.3 is 0 Å². The van der Waals surface area contributed by atoms with Crippen molar-refractivity contribution in [2.24, 2.45) is 0 Å². The van der Waals surface area contributed by atoms with Crippen LogP contribution in [0.25, 0.3) is 94.4 Å². The predicted molar refractivity (Wildman–Crippen MR) is 233 cm³/mol. The number of benzene rings is 8. The van der Waals surface area contributed by atoms with Gasteiger partial charge < -0.3 is 4.57 Å². The molecular weight excluding hydrogens is 679 g/mol. The van der Waals surface area contributed by atoms with Crippen molar-refractivity contribution in [3.8, 4) is 61.8 Å². The van der Waals surface area contributed by atoms with Crippen LogP contribution in [-0.4, -0.2) is 14.5 Å². The predicted octanol–water partition coefficient (Wildman–Crippen LogP) is 13.7. The zero-order chi connectivity index (χ0) is 37.4. The Morgan fingerprint density at radius 3 is 1.75 bits per heavy atom. The molecule has 11 rings (SSSR count). The first-order chi connectivity index (χ1) is 27.5. The highest BCUT2D eigenvalue weighted by molar-refractivity contribution is 6.09. The molecule has 56 heavy (non-hydrogen) atoms. The third kappa shape index (κ3) is 4.98. The van der Waals surface area contributed by atoms with Crippen molar-refractivity contribution in [3.05, 3.63) is 199 Å². The molecule has 0 saturated carbocycles. The molecule has 0 atom stereocenters. The van der Waals surface area contributed by atoms with E-state index in [0.29, 0.717) is 5.82 Å². The minimum atomic E-state index is -0.0919. The van der Waals surface area contributed by atoms with E-state index in [-0.39, 0.29) is 5.41 Å². The molecule has 0 bridgehead atoms. The second-order valence-corrected chi connectivity index (χ2v) is 15.4. The van der Waals surface area contributed by atoms with Crippen molar-refractivity contribution in [2.75, 3.05) is 0 Å². The molecule has 1 aliphatic carbocycles. The van der Waals surface area contributed by atoms with Gasteiger partial charge in [0.2, 0.25) is 0 Å². The number of aromatic nitrogens is 3. The van der Waals surface area contributed by atoms with Crippen molar-refractivity contribution >= 4 is 32.6 Å². The molecule has 10 aromatic rings. The molecule has 0 aliphatic heterocycles. The molecule has 8 aromatic carbocycles. The van der Waals surface area contributed by atoms with Gasteiger partial charge in [-0.3, -0.25) is 0 Å². The summed E-state index contributed by atoms with van der Waals surface area (Å²) in [6.07, 6.45) is 0. The van der Waals surface area contributed by atoms with E-state index in [1.165, 1.54) is 66.0 Å². The van der Waals surface area contributed by atoms with E-state index in [0.717, 1.165) is 33.8 Å². The summed E-state index contributed by atoms with van der Waals surface area (Å²) in [4.78, 5) is 10.5. The first-order valence-corrected chi connectivity index (χ1v) is 19.3. The molecule has 1 aliphatic rings. The van der Waals surface area contributed by atoms with Gasteiger partial charge in [-0.05, 0) is 80.6 Å². The quantitative estimate of drug-likeness (QED) is 0.178. The van der Waals surface area contributed by atoms with E-state index in [9.17, 15) is 0 Å². The van der Waals surface area contributed by atoms with Crippen molar-refractivity contribution in [1.29, 1.82) is 0 Å². The number of nitrogens with zero attached hydrogens (tertiary/aromatic N) is 3. The van der Waals surface area contributed by atoms with Crippen LogP contribution in [0.4, 0.5) is 0 Å². The number of para-hydroxylation sites is 3. The van der Waals surface area contributed by atoms with Crippen LogP contribution in [-0.2, 0) is 5.41 Å². The standard InChI is InChI=1S/C53H37N3/c1-53(2)44-23-14-22-39(51(44)43-31-37-17-6-7-18-38(37)32-45(43)53)34-27-29-35(30-28-34)46-33-47(55-52(54-46)36-15-4-3-5-16-36)42-21-10-13-26-50(42)56-48-24-11-8-19-40(48)41-20-9-12-25-49(41)56/h3-33H,1-2H3. The summed E-state index contributed by atoms with van der Waals surface area (Å²) in [6.45, 7) is 4.71. The summed E-state index contributed by atoms with van der Waals surface area (Å²) in [5.41, 5.74) is 16.0. The first kappa shape index (κ1) is 32.3. The number of hydrogen-bond donors (Lipinski definition) is 0. The average molecular weight is 716 g/mol. The summed E-state index contributed by atoms with van der Waals surface area (Å²) in [5, 5.41) is 5.02. The fourth-order valence-corrected chi connectivity index (χ4v) is 9.05. The summed E-state index contributed by atoms with van der Waals surface area (Å²) < 4.78 is 2.37. The van der Waals surface area contributed by atoms with Gasteiger partial charge in [-0.2, -0.15) is 0 Å². The van der Waals surface area contributed by atoms with E-state index >= 15 is 0 Å². The monoisotopic (exact) mass is 715 g/mol. The highest BCUT2D eigenvalue weighted by Gasteiger charge is 2.37. The van der Waals surface area contributed by atoms with E-state index < -0.39 is 0 Å². The van der Waals surface area contributed by atoms with Crippen LogP contribution < -0.4 is 0 Å². The lowest BCUT2D eigenvalue weighted by Gasteiger charge is -2.22. The fourth-order valence-electron chi connectivity index (χ4n) is 9.05. The summed E-state index contributed by atoms with van der Waals surface area (Å²) in [5.74, 6) is 0.700. The van der Waals surface area contributed by atoms with E-state index in [4.69, 9.17) is 9.97 Å². The van der Waals surface area contributed by atoms with Gasteiger partial charge in [-0.25, -0.2) is 9.97 Å². The molecule has 0 radical (unpaired) electrons. The van der Waals surface area contributed by atoms with Gasteiger partial charge in [0.25, 0.3) is 0 Å². The minimum Gasteiger partial charge on any atom is -0.309 e. The Kier molecular flexibility index (Phi) is 7.20. The van der Waals surface area contributed by atoms with Crippen molar-refractivity contribution in [3.63, 3.8) is 0 Å². The normalized spacial score (nSPS) is 13.0. The van der Waals surface area contributed by atoms with Crippen LogP contribution in [0.1, 0.15) is 25.0 Å². The molecule has 0 fully saturated rings. The van der Waals surface area contributed by atoms with E-state index in [2.05, 4.69) is 188 Å². The molecule has 0 N–H and O–H groups in total. The summed E-state index contributed by atoms with van der Waals surface area (Å²) in [6, 6.07) is 67.6.